The lowest BCUT2D eigenvalue weighted by Crippen LogP contribution is -2.22. The van der Waals surface area contributed by atoms with E-state index in [2.05, 4.69) is 29.0 Å². The van der Waals surface area contributed by atoms with Gasteiger partial charge in [0.05, 0.1) is 0 Å². The molecular weight excluding hydrogens is 244 g/mol. The summed E-state index contributed by atoms with van der Waals surface area (Å²) in [6.07, 6.45) is 0. The van der Waals surface area contributed by atoms with Gasteiger partial charge in [0.2, 0.25) is 0 Å². The first-order chi connectivity index (χ1) is 8.75. The Kier molecular flexibility index (Phi) is 4.25. The highest BCUT2D eigenvalue weighted by Gasteiger charge is 2.00. The number of nitrogens with one attached hydrogen (secondary N) is 1. The third-order valence-electron chi connectivity index (χ3n) is 2.45. The highest BCUT2D eigenvalue weighted by molar-refractivity contribution is 7.97. The average molecular weight is 258 g/mol. The van der Waals surface area contributed by atoms with E-state index >= 15 is 0 Å². The summed E-state index contributed by atoms with van der Waals surface area (Å²) < 4.78 is 2.51. The second kappa shape index (κ2) is 6.12. The lowest BCUT2D eigenvalue weighted by atomic mass is 10.0. The number of rotatable bonds is 4. The van der Waals surface area contributed by atoms with E-state index < -0.39 is 6.03 Å². The molecule has 92 valence electrons. The van der Waals surface area contributed by atoms with Crippen LogP contribution in [0.15, 0.2) is 54.6 Å². The Labute approximate surface area is 111 Å². The Morgan fingerprint density at radius 2 is 1.78 bits per heavy atom. The van der Waals surface area contributed by atoms with Crippen LogP contribution in [0.3, 0.4) is 0 Å². The Hall–Kier alpha value is -1.94. The number of hydrogen-bond donors (Lipinski definition) is 2. The van der Waals surface area contributed by atoms with E-state index in [1.807, 2.05) is 30.3 Å². The van der Waals surface area contributed by atoms with Gasteiger partial charge in [-0.2, -0.15) is 0 Å². The fourth-order valence-corrected chi connectivity index (χ4v) is 2.22. The Morgan fingerprint density at radius 3 is 2.50 bits per heavy atom. The first kappa shape index (κ1) is 12.5. The number of hydrogen-bond acceptors (Lipinski definition) is 2. The van der Waals surface area contributed by atoms with Gasteiger partial charge in [0.15, 0.2) is 0 Å². The van der Waals surface area contributed by atoms with Gasteiger partial charge < -0.3 is 5.73 Å². The first-order valence-electron chi connectivity index (χ1n) is 5.57. The minimum absolute atomic E-state index is 0.515. The number of benzene rings is 2. The summed E-state index contributed by atoms with van der Waals surface area (Å²) in [5.74, 6) is 0.698. The van der Waals surface area contributed by atoms with Crippen LogP contribution in [-0.4, -0.2) is 6.03 Å². The van der Waals surface area contributed by atoms with Crippen molar-refractivity contribution < 1.29 is 4.79 Å². The molecule has 0 heterocycles. The Bertz CT molecular complexity index is 528. The molecule has 2 aromatic carbocycles. The number of amides is 2. The normalized spacial score (nSPS) is 10.0. The summed E-state index contributed by atoms with van der Waals surface area (Å²) >= 11 is 1.29. The molecule has 4 heteroatoms. The molecule has 0 aliphatic rings. The highest BCUT2D eigenvalue weighted by atomic mass is 32.2. The van der Waals surface area contributed by atoms with Gasteiger partial charge in [0.25, 0.3) is 0 Å². The van der Waals surface area contributed by atoms with Gasteiger partial charge in [-0.3, -0.25) is 4.72 Å². The fraction of sp³-hybridized carbons (Fsp3) is 0.0714. The molecule has 0 spiro atoms. The van der Waals surface area contributed by atoms with Crippen molar-refractivity contribution in [1.82, 2.24) is 4.72 Å². The summed E-state index contributed by atoms with van der Waals surface area (Å²) in [4.78, 5) is 10.6. The van der Waals surface area contributed by atoms with Crippen molar-refractivity contribution in [2.75, 3.05) is 0 Å². The molecule has 0 aliphatic carbocycles. The number of primary amides is 1. The van der Waals surface area contributed by atoms with Crippen LogP contribution in [0, 0.1) is 0 Å². The molecule has 2 amide bonds. The number of nitrogens with two attached hydrogens (primary N) is 1. The summed E-state index contributed by atoms with van der Waals surface area (Å²) in [5.41, 5.74) is 8.52. The van der Waals surface area contributed by atoms with Crippen LogP contribution >= 0.6 is 11.9 Å². The molecule has 0 radical (unpaired) electrons. The Balaban J connectivity index is 2.08. The maximum atomic E-state index is 10.6. The van der Waals surface area contributed by atoms with Crippen LogP contribution in [-0.2, 0) is 5.75 Å². The molecule has 0 aliphatic heterocycles. The quantitative estimate of drug-likeness (QED) is 0.828. The average Bonchev–Trinajstić information content (AvgIpc) is 2.40. The molecule has 0 saturated carbocycles. The van der Waals surface area contributed by atoms with Crippen molar-refractivity contribution in [3.8, 4) is 11.1 Å². The topological polar surface area (TPSA) is 55.1 Å². The predicted octanol–water partition coefficient (Wildman–Crippen LogP) is 3.17. The molecule has 3 N–H and O–H groups in total. The highest BCUT2D eigenvalue weighted by Crippen LogP contribution is 2.21. The van der Waals surface area contributed by atoms with Crippen molar-refractivity contribution in [1.29, 1.82) is 0 Å². The van der Waals surface area contributed by atoms with E-state index in [0.29, 0.717) is 5.75 Å². The minimum Gasteiger partial charge on any atom is -0.351 e. The maximum absolute atomic E-state index is 10.6. The number of carbonyl (C=O) groups is 1. The molecule has 18 heavy (non-hydrogen) atoms. The monoisotopic (exact) mass is 258 g/mol. The molecule has 0 saturated heterocycles. The first-order valence-corrected chi connectivity index (χ1v) is 6.56. The zero-order valence-corrected chi connectivity index (χ0v) is 10.6. The van der Waals surface area contributed by atoms with Gasteiger partial charge in [0, 0.05) is 5.75 Å². The summed E-state index contributed by atoms with van der Waals surface area (Å²) in [6, 6.07) is 17.9. The molecule has 2 aromatic rings. The smallest absolute Gasteiger partial charge is 0.322 e. The zero-order valence-electron chi connectivity index (χ0n) is 9.80. The second-order valence-corrected chi connectivity index (χ2v) is 4.60. The minimum atomic E-state index is -0.515. The standard InChI is InChI=1S/C14H14N2OS/c15-14(17)16-18-10-11-5-4-8-13(9-11)12-6-2-1-3-7-12/h1-9H,10H2,(H3,15,16,17). The van der Waals surface area contributed by atoms with Gasteiger partial charge in [-0.05, 0) is 28.6 Å². The van der Waals surface area contributed by atoms with Crippen LogP contribution in [0.5, 0.6) is 0 Å². The van der Waals surface area contributed by atoms with Crippen molar-refractivity contribution in [3.05, 3.63) is 60.2 Å². The SMILES string of the molecule is NC(=O)NSCc1cccc(-c2ccccc2)c1. The third-order valence-corrected chi connectivity index (χ3v) is 3.27. The van der Waals surface area contributed by atoms with Gasteiger partial charge >= 0.3 is 6.03 Å². The molecule has 0 bridgehead atoms. The van der Waals surface area contributed by atoms with E-state index in [-0.39, 0.29) is 0 Å². The molecule has 0 aromatic heterocycles. The summed E-state index contributed by atoms with van der Waals surface area (Å²) in [6.45, 7) is 0. The molecular formula is C14H14N2OS. The molecule has 0 atom stereocenters. The van der Waals surface area contributed by atoms with Gasteiger partial charge in [0.1, 0.15) is 0 Å². The largest absolute Gasteiger partial charge is 0.351 e. The fourth-order valence-electron chi connectivity index (χ4n) is 1.66. The van der Waals surface area contributed by atoms with Gasteiger partial charge in [-0.25, -0.2) is 4.79 Å². The van der Waals surface area contributed by atoms with Crippen molar-refractivity contribution in [2.45, 2.75) is 5.75 Å². The van der Waals surface area contributed by atoms with E-state index in [1.54, 1.807) is 0 Å². The van der Waals surface area contributed by atoms with Crippen LogP contribution in [0.1, 0.15) is 5.56 Å². The third kappa shape index (κ3) is 3.53. The van der Waals surface area contributed by atoms with Gasteiger partial charge in [-0.1, -0.05) is 54.6 Å². The predicted molar refractivity (Wildman–Crippen MR) is 75.9 cm³/mol. The van der Waals surface area contributed by atoms with Crippen molar-refractivity contribution in [2.24, 2.45) is 5.73 Å². The molecule has 2 rings (SSSR count). The van der Waals surface area contributed by atoms with Crippen LogP contribution in [0.4, 0.5) is 4.79 Å². The van der Waals surface area contributed by atoms with Crippen LogP contribution in [0.2, 0.25) is 0 Å². The van der Waals surface area contributed by atoms with Crippen LogP contribution < -0.4 is 10.5 Å². The lowest BCUT2D eigenvalue weighted by molar-refractivity contribution is 0.254. The van der Waals surface area contributed by atoms with Crippen molar-refractivity contribution in [3.63, 3.8) is 0 Å². The lowest BCUT2D eigenvalue weighted by Gasteiger charge is -2.05. The van der Waals surface area contributed by atoms with E-state index in [9.17, 15) is 4.79 Å². The molecule has 0 unspecified atom stereocenters. The maximum Gasteiger partial charge on any atom is 0.322 e. The van der Waals surface area contributed by atoms with E-state index in [0.717, 1.165) is 5.56 Å². The number of urea groups is 1. The van der Waals surface area contributed by atoms with E-state index in [4.69, 9.17) is 5.73 Å². The second-order valence-electron chi connectivity index (χ2n) is 3.82. The summed E-state index contributed by atoms with van der Waals surface area (Å²) in [5, 5.41) is 0. The van der Waals surface area contributed by atoms with E-state index in [1.165, 1.54) is 23.1 Å². The molecule has 0 fully saturated rings. The van der Waals surface area contributed by atoms with Crippen LogP contribution in [0.25, 0.3) is 11.1 Å². The molecule has 3 nitrogen and oxygen atoms in total. The van der Waals surface area contributed by atoms with Crippen molar-refractivity contribution >= 4 is 18.0 Å². The summed E-state index contributed by atoms with van der Waals surface area (Å²) in [7, 11) is 0. The van der Waals surface area contributed by atoms with Gasteiger partial charge in [-0.15, -0.1) is 0 Å². The zero-order chi connectivity index (χ0) is 12.8. The number of carbonyl (C=O) groups excluding carboxylic acids is 1. The Morgan fingerprint density at radius 1 is 1.06 bits per heavy atom.